The molecule has 0 aliphatic carbocycles. The van der Waals surface area contributed by atoms with Gasteiger partial charge in [-0.15, -0.1) is 0 Å². The Hall–Kier alpha value is -3.15. The van der Waals surface area contributed by atoms with Crippen LogP contribution in [-0.4, -0.2) is 28.2 Å². The van der Waals surface area contributed by atoms with Gasteiger partial charge in [0.05, 0.1) is 12.8 Å². The zero-order chi connectivity index (χ0) is 16.1. The lowest BCUT2D eigenvalue weighted by atomic mass is 10.2. The number of aromatic nitrogens is 3. The number of nitrogens with zero attached hydrogens (tertiary/aromatic N) is 2. The molecule has 1 amide bonds. The molecule has 0 saturated heterocycles. The fraction of sp³-hybridized carbons (Fsp3) is 0.118. The Morgan fingerprint density at radius 1 is 1.17 bits per heavy atom. The molecule has 3 aromatic rings. The lowest BCUT2D eigenvalue weighted by molar-refractivity contribution is 0.0945. The highest BCUT2D eigenvalue weighted by atomic mass is 16.5. The third kappa shape index (κ3) is 3.37. The van der Waals surface area contributed by atoms with Gasteiger partial charge in [0.1, 0.15) is 17.1 Å². The molecule has 0 atom stereocenters. The van der Waals surface area contributed by atoms with Crippen LogP contribution in [0.2, 0.25) is 0 Å². The molecule has 0 saturated carbocycles. The van der Waals surface area contributed by atoms with Gasteiger partial charge in [0.2, 0.25) is 0 Å². The number of carbonyl (C=O) groups is 1. The second kappa shape index (κ2) is 6.74. The third-order valence-electron chi connectivity index (χ3n) is 3.38. The Kier molecular flexibility index (Phi) is 4.33. The summed E-state index contributed by atoms with van der Waals surface area (Å²) < 4.78 is 5.27. The topological polar surface area (TPSA) is 79.9 Å². The fourth-order valence-electron chi connectivity index (χ4n) is 2.20. The molecule has 6 heteroatoms. The van der Waals surface area contributed by atoms with Crippen LogP contribution in [0.3, 0.4) is 0 Å². The molecule has 2 N–H and O–H groups in total. The van der Waals surface area contributed by atoms with Crippen molar-refractivity contribution >= 4 is 5.91 Å². The average molecular weight is 308 g/mol. The minimum atomic E-state index is -0.231. The number of amides is 1. The van der Waals surface area contributed by atoms with E-state index in [2.05, 4.69) is 20.5 Å². The Labute approximate surface area is 133 Å². The van der Waals surface area contributed by atoms with E-state index in [0.717, 1.165) is 11.3 Å². The van der Waals surface area contributed by atoms with Crippen molar-refractivity contribution in [1.29, 1.82) is 0 Å². The zero-order valence-corrected chi connectivity index (χ0v) is 12.6. The van der Waals surface area contributed by atoms with Crippen LogP contribution in [0.25, 0.3) is 11.4 Å². The number of carbonyl (C=O) groups excluding carboxylic acids is 1. The molecule has 0 aliphatic rings. The summed E-state index contributed by atoms with van der Waals surface area (Å²) in [6.45, 7) is 0.376. The minimum Gasteiger partial charge on any atom is -0.496 e. The number of para-hydroxylation sites is 1. The molecule has 0 radical (unpaired) electrons. The predicted octanol–water partition coefficient (Wildman–Crippen LogP) is 2.41. The number of ether oxygens (including phenoxy) is 1. The van der Waals surface area contributed by atoms with Gasteiger partial charge < -0.3 is 10.1 Å². The van der Waals surface area contributed by atoms with Crippen LogP contribution >= 0.6 is 0 Å². The van der Waals surface area contributed by atoms with E-state index in [-0.39, 0.29) is 5.91 Å². The van der Waals surface area contributed by atoms with Gasteiger partial charge in [0.25, 0.3) is 5.91 Å². The Morgan fingerprint density at radius 3 is 2.78 bits per heavy atom. The number of hydrogen-bond acceptors (Lipinski definition) is 4. The molecule has 6 nitrogen and oxygen atoms in total. The van der Waals surface area contributed by atoms with E-state index in [9.17, 15) is 4.79 Å². The number of nitrogens with one attached hydrogen (secondary N) is 2. The van der Waals surface area contributed by atoms with Crippen molar-refractivity contribution in [3.05, 3.63) is 66.0 Å². The number of hydrogen-bond donors (Lipinski definition) is 2. The summed E-state index contributed by atoms with van der Waals surface area (Å²) in [5.41, 5.74) is 2.65. The van der Waals surface area contributed by atoms with Crippen molar-refractivity contribution in [2.24, 2.45) is 0 Å². The summed E-state index contributed by atoms with van der Waals surface area (Å²) in [4.78, 5) is 16.4. The second-order valence-electron chi connectivity index (χ2n) is 4.88. The normalized spacial score (nSPS) is 10.3. The summed E-state index contributed by atoms with van der Waals surface area (Å²) in [5.74, 6) is 0.511. The quantitative estimate of drug-likeness (QED) is 0.758. The van der Waals surface area contributed by atoms with Gasteiger partial charge in [-0.05, 0) is 24.3 Å². The van der Waals surface area contributed by atoms with Crippen molar-refractivity contribution < 1.29 is 9.53 Å². The second-order valence-corrected chi connectivity index (χ2v) is 4.88. The summed E-state index contributed by atoms with van der Waals surface area (Å²) in [6, 6.07) is 14.8. The SMILES string of the molecule is COc1ccccc1CNC(=O)c1cc(-c2ccccn2)n[nH]1. The van der Waals surface area contributed by atoms with Gasteiger partial charge in [0.15, 0.2) is 0 Å². The van der Waals surface area contributed by atoms with E-state index in [1.165, 1.54) is 0 Å². The van der Waals surface area contributed by atoms with E-state index in [0.29, 0.717) is 23.6 Å². The predicted molar refractivity (Wildman–Crippen MR) is 86.0 cm³/mol. The maximum absolute atomic E-state index is 12.2. The van der Waals surface area contributed by atoms with Crippen LogP contribution < -0.4 is 10.1 Å². The molecular weight excluding hydrogens is 292 g/mol. The number of H-pyrrole nitrogens is 1. The molecule has 1 aromatic carbocycles. The van der Waals surface area contributed by atoms with E-state index >= 15 is 0 Å². The number of rotatable bonds is 5. The number of aromatic amines is 1. The first kappa shape index (κ1) is 14.8. The Morgan fingerprint density at radius 2 is 2.00 bits per heavy atom. The average Bonchev–Trinajstić information content (AvgIpc) is 3.11. The van der Waals surface area contributed by atoms with E-state index in [1.54, 1.807) is 19.4 Å². The van der Waals surface area contributed by atoms with Gasteiger partial charge in [-0.3, -0.25) is 14.9 Å². The minimum absolute atomic E-state index is 0.231. The molecule has 0 spiro atoms. The van der Waals surface area contributed by atoms with Gasteiger partial charge >= 0.3 is 0 Å². The molecule has 0 bridgehead atoms. The van der Waals surface area contributed by atoms with E-state index in [1.807, 2.05) is 42.5 Å². The summed E-state index contributed by atoms with van der Waals surface area (Å²) in [7, 11) is 1.61. The highest BCUT2D eigenvalue weighted by Gasteiger charge is 2.12. The summed E-state index contributed by atoms with van der Waals surface area (Å²) >= 11 is 0. The molecule has 3 rings (SSSR count). The van der Waals surface area contributed by atoms with Crippen LogP contribution in [0, 0.1) is 0 Å². The molecule has 116 valence electrons. The van der Waals surface area contributed by atoms with Crippen LogP contribution in [0.1, 0.15) is 16.1 Å². The molecule has 0 aliphatic heterocycles. The number of methoxy groups -OCH3 is 1. The number of benzene rings is 1. The lowest BCUT2D eigenvalue weighted by Gasteiger charge is -2.08. The summed E-state index contributed by atoms with van der Waals surface area (Å²) in [6.07, 6.45) is 1.69. The largest absolute Gasteiger partial charge is 0.496 e. The van der Waals surface area contributed by atoms with Crippen LogP contribution in [0.15, 0.2) is 54.7 Å². The molecular formula is C17H16N4O2. The molecule has 2 aromatic heterocycles. The van der Waals surface area contributed by atoms with E-state index in [4.69, 9.17) is 4.74 Å². The first-order valence-corrected chi connectivity index (χ1v) is 7.15. The fourth-order valence-corrected chi connectivity index (χ4v) is 2.20. The molecule has 0 unspecified atom stereocenters. The van der Waals surface area contributed by atoms with Gasteiger partial charge in [-0.2, -0.15) is 5.10 Å². The summed E-state index contributed by atoms with van der Waals surface area (Å²) in [5, 5.41) is 9.70. The van der Waals surface area contributed by atoms with E-state index < -0.39 is 0 Å². The van der Waals surface area contributed by atoms with Crippen LogP contribution in [0.4, 0.5) is 0 Å². The molecule has 0 fully saturated rings. The maximum atomic E-state index is 12.2. The van der Waals surface area contributed by atoms with Crippen molar-refractivity contribution in [2.75, 3.05) is 7.11 Å². The molecule has 2 heterocycles. The number of pyridine rings is 1. The van der Waals surface area contributed by atoms with Gasteiger partial charge in [-0.25, -0.2) is 0 Å². The highest BCUT2D eigenvalue weighted by molar-refractivity contribution is 5.93. The van der Waals surface area contributed by atoms with Crippen molar-refractivity contribution in [3.63, 3.8) is 0 Å². The third-order valence-corrected chi connectivity index (χ3v) is 3.38. The maximum Gasteiger partial charge on any atom is 0.269 e. The zero-order valence-electron chi connectivity index (χ0n) is 12.6. The van der Waals surface area contributed by atoms with Gasteiger partial charge in [-0.1, -0.05) is 24.3 Å². The first-order valence-electron chi connectivity index (χ1n) is 7.15. The van der Waals surface area contributed by atoms with Crippen LogP contribution in [0.5, 0.6) is 5.75 Å². The van der Waals surface area contributed by atoms with Crippen LogP contribution in [-0.2, 0) is 6.54 Å². The standard InChI is InChI=1S/C17H16N4O2/c1-23-16-8-3-2-6-12(16)11-19-17(22)15-10-14(20-21-15)13-7-4-5-9-18-13/h2-10H,11H2,1H3,(H,19,22)(H,20,21). The Balaban J connectivity index is 1.68. The first-order chi connectivity index (χ1) is 11.3. The monoisotopic (exact) mass is 308 g/mol. The van der Waals surface area contributed by atoms with Crippen molar-refractivity contribution in [2.45, 2.75) is 6.54 Å². The lowest BCUT2D eigenvalue weighted by Crippen LogP contribution is -2.23. The Bertz CT molecular complexity index is 799. The van der Waals surface area contributed by atoms with Crippen molar-refractivity contribution in [3.8, 4) is 17.1 Å². The smallest absolute Gasteiger partial charge is 0.269 e. The molecule has 23 heavy (non-hydrogen) atoms. The van der Waals surface area contributed by atoms with Crippen molar-refractivity contribution in [1.82, 2.24) is 20.5 Å². The van der Waals surface area contributed by atoms with Gasteiger partial charge in [0, 0.05) is 18.3 Å². The highest BCUT2D eigenvalue weighted by Crippen LogP contribution is 2.17.